The number of aliphatic hydroxyl groups is 1. The van der Waals surface area contributed by atoms with Crippen LogP contribution in [0.4, 0.5) is 0 Å². The predicted molar refractivity (Wildman–Crippen MR) is 41.3 cm³/mol. The van der Waals surface area contributed by atoms with Crippen LogP contribution < -0.4 is 0 Å². The summed E-state index contributed by atoms with van der Waals surface area (Å²) in [6.07, 6.45) is 0. The number of amides is 2. The SMILES string of the molecule is CN1CC(=O)N(CCO)CC1=O. The third kappa shape index (κ3) is 1.73. The molecule has 12 heavy (non-hydrogen) atoms. The summed E-state index contributed by atoms with van der Waals surface area (Å²) in [7, 11) is 1.59. The fourth-order valence-electron chi connectivity index (χ4n) is 1.09. The molecule has 0 atom stereocenters. The Hall–Kier alpha value is -1.10. The van der Waals surface area contributed by atoms with Crippen molar-refractivity contribution in [3.8, 4) is 0 Å². The quantitative estimate of drug-likeness (QED) is 0.539. The molecule has 1 rings (SSSR count). The van der Waals surface area contributed by atoms with E-state index in [4.69, 9.17) is 5.11 Å². The second-order valence-electron chi connectivity index (χ2n) is 2.79. The highest BCUT2D eigenvalue weighted by Crippen LogP contribution is 2.01. The van der Waals surface area contributed by atoms with Crippen LogP contribution in [0.2, 0.25) is 0 Å². The first-order valence-corrected chi connectivity index (χ1v) is 3.77. The molecular weight excluding hydrogens is 160 g/mol. The zero-order valence-electron chi connectivity index (χ0n) is 6.99. The molecule has 2 amide bonds. The standard InChI is InChI=1S/C7H12N2O3/c1-8-4-7(12)9(2-3-10)5-6(8)11/h10H,2-5H2,1H3. The van der Waals surface area contributed by atoms with Gasteiger partial charge < -0.3 is 14.9 Å². The minimum absolute atomic E-state index is 0.0805. The van der Waals surface area contributed by atoms with Crippen molar-refractivity contribution in [2.75, 3.05) is 33.3 Å². The number of rotatable bonds is 2. The Morgan fingerprint density at radius 1 is 1.33 bits per heavy atom. The van der Waals surface area contributed by atoms with Gasteiger partial charge in [-0.15, -0.1) is 0 Å². The average Bonchev–Trinajstić information content (AvgIpc) is 2.01. The Morgan fingerprint density at radius 2 is 2.00 bits per heavy atom. The molecule has 0 unspecified atom stereocenters. The summed E-state index contributed by atoms with van der Waals surface area (Å²) >= 11 is 0. The van der Waals surface area contributed by atoms with Crippen LogP contribution in [0.15, 0.2) is 0 Å². The van der Waals surface area contributed by atoms with Gasteiger partial charge in [-0.05, 0) is 0 Å². The summed E-state index contributed by atoms with van der Waals surface area (Å²) in [4.78, 5) is 25.0. The first kappa shape index (κ1) is 8.99. The van der Waals surface area contributed by atoms with Crippen molar-refractivity contribution in [1.29, 1.82) is 0 Å². The van der Waals surface area contributed by atoms with Gasteiger partial charge in [0.2, 0.25) is 11.8 Å². The summed E-state index contributed by atoms with van der Waals surface area (Å²) in [6, 6.07) is 0. The topological polar surface area (TPSA) is 60.9 Å². The zero-order valence-corrected chi connectivity index (χ0v) is 6.99. The van der Waals surface area contributed by atoms with Crippen LogP contribution in [0, 0.1) is 0 Å². The highest BCUT2D eigenvalue weighted by molar-refractivity contribution is 5.92. The fourth-order valence-corrected chi connectivity index (χ4v) is 1.09. The maximum Gasteiger partial charge on any atom is 0.242 e. The van der Waals surface area contributed by atoms with Crippen LogP contribution in [-0.2, 0) is 9.59 Å². The van der Waals surface area contributed by atoms with Gasteiger partial charge in [-0.3, -0.25) is 9.59 Å². The third-order valence-corrected chi connectivity index (χ3v) is 1.85. The van der Waals surface area contributed by atoms with Gasteiger partial charge in [-0.1, -0.05) is 0 Å². The molecule has 1 N–H and O–H groups in total. The van der Waals surface area contributed by atoms with Crippen molar-refractivity contribution < 1.29 is 14.7 Å². The summed E-state index contributed by atoms with van der Waals surface area (Å²) in [5, 5.41) is 8.57. The van der Waals surface area contributed by atoms with E-state index in [0.717, 1.165) is 0 Å². The molecule has 1 aliphatic rings. The molecule has 5 heteroatoms. The number of β-amino-alcohol motifs (C(OH)–C–C–N with tert-alkyl or cyclic N) is 1. The van der Waals surface area contributed by atoms with E-state index in [9.17, 15) is 9.59 Å². The molecule has 0 aromatic rings. The molecule has 1 heterocycles. The van der Waals surface area contributed by atoms with Gasteiger partial charge in [0.25, 0.3) is 0 Å². The number of carbonyl (C=O) groups excluding carboxylic acids is 2. The number of nitrogens with zero attached hydrogens (tertiary/aromatic N) is 2. The first-order valence-electron chi connectivity index (χ1n) is 3.77. The normalized spacial score (nSPS) is 18.8. The molecule has 0 aliphatic carbocycles. The molecule has 68 valence electrons. The van der Waals surface area contributed by atoms with Crippen LogP contribution in [-0.4, -0.2) is 60.0 Å². The molecule has 1 aliphatic heterocycles. The second kappa shape index (κ2) is 3.53. The van der Waals surface area contributed by atoms with Gasteiger partial charge in [0.1, 0.15) is 0 Å². The van der Waals surface area contributed by atoms with E-state index in [2.05, 4.69) is 0 Å². The Bertz CT molecular complexity index is 205. The highest BCUT2D eigenvalue weighted by Gasteiger charge is 2.26. The molecule has 0 saturated carbocycles. The zero-order chi connectivity index (χ0) is 9.14. The lowest BCUT2D eigenvalue weighted by molar-refractivity contribution is -0.149. The van der Waals surface area contributed by atoms with E-state index < -0.39 is 0 Å². The van der Waals surface area contributed by atoms with E-state index in [-0.39, 0.29) is 38.1 Å². The Morgan fingerprint density at radius 3 is 2.58 bits per heavy atom. The number of hydrogen-bond donors (Lipinski definition) is 1. The summed E-state index contributed by atoms with van der Waals surface area (Å²) in [5.74, 6) is -0.186. The number of piperazine rings is 1. The minimum Gasteiger partial charge on any atom is -0.395 e. The van der Waals surface area contributed by atoms with Crippen LogP contribution in [0.5, 0.6) is 0 Å². The number of likely N-dealkylation sites (N-methyl/N-ethyl adjacent to an activating group) is 1. The summed E-state index contributed by atoms with van der Waals surface area (Å²) in [6.45, 7) is 0.371. The lowest BCUT2D eigenvalue weighted by Crippen LogP contribution is -2.52. The molecule has 1 saturated heterocycles. The van der Waals surface area contributed by atoms with Crippen molar-refractivity contribution in [2.45, 2.75) is 0 Å². The molecule has 0 aromatic heterocycles. The molecule has 0 bridgehead atoms. The average molecular weight is 172 g/mol. The van der Waals surface area contributed by atoms with E-state index in [1.807, 2.05) is 0 Å². The lowest BCUT2D eigenvalue weighted by atomic mass is 10.3. The van der Waals surface area contributed by atoms with Gasteiger partial charge in [-0.25, -0.2) is 0 Å². The number of aliphatic hydroxyl groups excluding tert-OH is 1. The Labute approximate surface area is 70.6 Å². The summed E-state index contributed by atoms with van der Waals surface area (Å²) in [5.41, 5.74) is 0. The second-order valence-corrected chi connectivity index (χ2v) is 2.79. The first-order chi connectivity index (χ1) is 5.65. The van der Waals surface area contributed by atoms with Crippen molar-refractivity contribution in [2.24, 2.45) is 0 Å². The van der Waals surface area contributed by atoms with Crippen LogP contribution in [0.1, 0.15) is 0 Å². The van der Waals surface area contributed by atoms with E-state index in [1.165, 1.54) is 9.80 Å². The Balaban J connectivity index is 2.55. The van der Waals surface area contributed by atoms with Crippen molar-refractivity contribution in [1.82, 2.24) is 9.80 Å². The molecule has 0 spiro atoms. The van der Waals surface area contributed by atoms with E-state index in [0.29, 0.717) is 0 Å². The smallest absolute Gasteiger partial charge is 0.242 e. The highest BCUT2D eigenvalue weighted by atomic mass is 16.3. The third-order valence-electron chi connectivity index (χ3n) is 1.85. The Kier molecular flexibility index (Phi) is 2.65. The van der Waals surface area contributed by atoms with Crippen LogP contribution in [0.25, 0.3) is 0 Å². The number of carbonyl (C=O) groups is 2. The van der Waals surface area contributed by atoms with Gasteiger partial charge >= 0.3 is 0 Å². The van der Waals surface area contributed by atoms with Gasteiger partial charge in [0, 0.05) is 13.6 Å². The van der Waals surface area contributed by atoms with Crippen LogP contribution in [0.3, 0.4) is 0 Å². The van der Waals surface area contributed by atoms with Crippen molar-refractivity contribution in [3.05, 3.63) is 0 Å². The van der Waals surface area contributed by atoms with Gasteiger partial charge in [-0.2, -0.15) is 0 Å². The minimum atomic E-state index is -0.105. The maximum atomic E-state index is 11.2. The maximum absolute atomic E-state index is 11.2. The fraction of sp³-hybridized carbons (Fsp3) is 0.714. The van der Waals surface area contributed by atoms with Gasteiger partial charge in [0.15, 0.2) is 0 Å². The van der Waals surface area contributed by atoms with Crippen LogP contribution >= 0.6 is 0 Å². The summed E-state index contributed by atoms with van der Waals surface area (Å²) < 4.78 is 0. The molecule has 0 aromatic carbocycles. The predicted octanol–water partition coefficient (Wildman–Crippen LogP) is -1.72. The largest absolute Gasteiger partial charge is 0.395 e. The van der Waals surface area contributed by atoms with Gasteiger partial charge in [0.05, 0.1) is 19.7 Å². The molecule has 5 nitrogen and oxygen atoms in total. The molecule has 1 fully saturated rings. The van der Waals surface area contributed by atoms with Crippen molar-refractivity contribution >= 4 is 11.8 Å². The van der Waals surface area contributed by atoms with Crippen molar-refractivity contribution in [3.63, 3.8) is 0 Å². The lowest BCUT2D eigenvalue weighted by Gasteiger charge is -2.30. The van der Waals surface area contributed by atoms with E-state index in [1.54, 1.807) is 7.05 Å². The molecular formula is C7H12N2O3. The number of hydrogen-bond acceptors (Lipinski definition) is 3. The monoisotopic (exact) mass is 172 g/mol. The molecule has 0 radical (unpaired) electrons. The van der Waals surface area contributed by atoms with E-state index >= 15 is 0 Å².